The smallest absolute Gasteiger partial charge is 0.00964 e. The van der Waals surface area contributed by atoms with Crippen LogP contribution in [0.15, 0.2) is 0 Å². The van der Waals surface area contributed by atoms with Gasteiger partial charge in [-0.15, -0.1) is 0 Å². The molecule has 1 aliphatic heterocycles. The highest BCUT2D eigenvalue weighted by Gasteiger charge is 2.45. The van der Waals surface area contributed by atoms with Crippen LogP contribution in [-0.2, 0) is 0 Å². The van der Waals surface area contributed by atoms with Crippen molar-refractivity contribution in [2.45, 2.75) is 71.8 Å². The van der Waals surface area contributed by atoms with E-state index in [1.807, 2.05) is 0 Å². The molecule has 1 saturated heterocycles. The number of piperidine rings is 1. The minimum atomic E-state index is 0.539. The molecular weight excluding hydrogens is 206 g/mol. The van der Waals surface area contributed by atoms with Gasteiger partial charge in [0.2, 0.25) is 0 Å². The zero-order valence-corrected chi connectivity index (χ0v) is 12.0. The molecule has 98 valence electrons. The van der Waals surface area contributed by atoms with Crippen molar-refractivity contribution in [3.8, 4) is 0 Å². The molecule has 3 rings (SSSR count). The van der Waals surface area contributed by atoms with E-state index in [0.717, 1.165) is 17.4 Å². The van der Waals surface area contributed by atoms with Gasteiger partial charge in [0.05, 0.1) is 0 Å². The molecule has 2 aliphatic carbocycles. The molecule has 1 heteroatoms. The topological polar surface area (TPSA) is 3.24 Å². The highest BCUT2D eigenvalue weighted by Crippen LogP contribution is 2.54. The van der Waals surface area contributed by atoms with Crippen LogP contribution in [0.4, 0.5) is 0 Å². The van der Waals surface area contributed by atoms with Crippen molar-refractivity contribution in [1.82, 2.24) is 4.90 Å². The maximum absolute atomic E-state index is 2.77. The van der Waals surface area contributed by atoms with Crippen LogP contribution in [0.25, 0.3) is 0 Å². The van der Waals surface area contributed by atoms with E-state index < -0.39 is 0 Å². The van der Waals surface area contributed by atoms with Gasteiger partial charge in [0.25, 0.3) is 0 Å². The second kappa shape index (κ2) is 3.98. The van der Waals surface area contributed by atoms with Crippen molar-refractivity contribution < 1.29 is 0 Å². The zero-order valence-electron chi connectivity index (χ0n) is 12.0. The lowest BCUT2D eigenvalue weighted by Crippen LogP contribution is -2.40. The highest BCUT2D eigenvalue weighted by atomic mass is 15.2. The maximum atomic E-state index is 2.77. The summed E-state index contributed by atoms with van der Waals surface area (Å²) in [6.45, 7) is 10.1. The number of rotatable bonds is 1. The predicted molar refractivity (Wildman–Crippen MR) is 73.1 cm³/mol. The van der Waals surface area contributed by atoms with E-state index in [4.69, 9.17) is 0 Å². The Bertz CT molecular complexity index is 276. The third-order valence-electron chi connectivity index (χ3n) is 5.85. The summed E-state index contributed by atoms with van der Waals surface area (Å²) in [5, 5.41) is 0. The van der Waals surface area contributed by atoms with Crippen molar-refractivity contribution in [1.29, 1.82) is 0 Å². The molecule has 2 saturated carbocycles. The van der Waals surface area contributed by atoms with Crippen molar-refractivity contribution >= 4 is 0 Å². The molecule has 0 aromatic carbocycles. The Morgan fingerprint density at radius 3 is 2.06 bits per heavy atom. The Morgan fingerprint density at radius 2 is 1.59 bits per heavy atom. The first-order chi connectivity index (χ1) is 7.99. The van der Waals surface area contributed by atoms with Gasteiger partial charge in [-0.25, -0.2) is 0 Å². The molecular formula is C16H29N. The zero-order chi connectivity index (χ0) is 12.1. The molecule has 0 N–H and O–H groups in total. The molecule has 3 fully saturated rings. The molecule has 0 bridgehead atoms. The quantitative estimate of drug-likeness (QED) is 0.662. The first kappa shape index (κ1) is 12.0. The van der Waals surface area contributed by atoms with Crippen molar-refractivity contribution in [2.75, 3.05) is 13.1 Å². The van der Waals surface area contributed by atoms with Gasteiger partial charge in [0.15, 0.2) is 0 Å². The third-order valence-corrected chi connectivity index (χ3v) is 5.85. The SMILES string of the molecule is CC(C)(C)C1CCC2(CCN(C3CC3)CC2)C1. The average Bonchev–Trinajstić information content (AvgIpc) is 3.01. The Hall–Kier alpha value is -0.0400. The predicted octanol–water partition coefficient (Wildman–Crippen LogP) is 4.08. The van der Waals surface area contributed by atoms with Crippen LogP contribution < -0.4 is 0 Å². The van der Waals surface area contributed by atoms with Gasteiger partial charge < -0.3 is 4.90 Å². The molecule has 1 atom stereocenters. The first-order valence-electron chi connectivity index (χ1n) is 7.73. The minimum Gasteiger partial charge on any atom is -0.300 e. The molecule has 1 spiro atoms. The van der Waals surface area contributed by atoms with E-state index >= 15 is 0 Å². The van der Waals surface area contributed by atoms with E-state index in [2.05, 4.69) is 25.7 Å². The monoisotopic (exact) mass is 235 g/mol. The first-order valence-corrected chi connectivity index (χ1v) is 7.73. The van der Waals surface area contributed by atoms with Crippen LogP contribution >= 0.6 is 0 Å². The van der Waals surface area contributed by atoms with Crippen LogP contribution in [0.3, 0.4) is 0 Å². The normalized spacial score (nSPS) is 34.4. The average molecular weight is 235 g/mol. The Balaban J connectivity index is 1.58. The van der Waals surface area contributed by atoms with Crippen LogP contribution in [0, 0.1) is 16.7 Å². The second-order valence-electron chi connectivity index (χ2n) is 8.07. The lowest BCUT2D eigenvalue weighted by molar-refractivity contribution is 0.0913. The maximum Gasteiger partial charge on any atom is 0.00964 e. The number of hydrogen-bond donors (Lipinski definition) is 0. The summed E-state index contributed by atoms with van der Waals surface area (Å²) < 4.78 is 0. The molecule has 0 amide bonds. The van der Waals surface area contributed by atoms with Crippen LogP contribution in [-0.4, -0.2) is 24.0 Å². The van der Waals surface area contributed by atoms with E-state index in [-0.39, 0.29) is 0 Å². The van der Waals surface area contributed by atoms with Gasteiger partial charge in [-0.3, -0.25) is 0 Å². The minimum absolute atomic E-state index is 0.539. The molecule has 1 unspecified atom stereocenters. The van der Waals surface area contributed by atoms with E-state index in [0.29, 0.717) is 5.41 Å². The Kier molecular flexibility index (Phi) is 2.81. The molecule has 0 aromatic rings. The Labute approximate surface area is 107 Å². The summed E-state index contributed by atoms with van der Waals surface area (Å²) in [4.78, 5) is 2.77. The summed E-state index contributed by atoms with van der Waals surface area (Å²) in [7, 11) is 0. The summed E-state index contributed by atoms with van der Waals surface area (Å²) in [6.07, 6.45) is 10.5. The third kappa shape index (κ3) is 2.41. The van der Waals surface area contributed by atoms with Crippen LogP contribution in [0.2, 0.25) is 0 Å². The van der Waals surface area contributed by atoms with E-state index in [1.54, 1.807) is 0 Å². The lowest BCUT2D eigenvalue weighted by Gasteiger charge is -2.40. The number of nitrogens with zero attached hydrogens (tertiary/aromatic N) is 1. The second-order valence-corrected chi connectivity index (χ2v) is 8.07. The van der Waals surface area contributed by atoms with Gasteiger partial charge in [0, 0.05) is 6.04 Å². The molecule has 1 heterocycles. The molecule has 0 radical (unpaired) electrons. The molecule has 1 nitrogen and oxygen atoms in total. The fraction of sp³-hybridized carbons (Fsp3) is 1.00. The van der Waals surface area contributed by atoms with Gasteiger partial charge >= 0.3 is 0 Å². The van der Waals surface area contributed by atoms with Crippen molar-refractivity contribution in [2.24, 2.45) is 16.7 Å². The summed E-state index contributed by atoms with van der Waals surface area (Å²) in [5.41, 5.74) is 1.29. The number of likely N-dealkylation sites (tertiary alicyclic amines) is 1. The summed E-state index contributed by atoms with van der Waals surface area (Å²) >= 11 is 0. The lowest BCUT2D eigenvalue weighted by atomic mass is 9.73. The Morgan fingerprint density at radius 1 is 0.941 bits per heavy atom. The van der Waals surface area contributed by atoms with Gasteiger partial charge in [-0.2, -0.15) is 0 Å². The highest BCUT2D eigenvalue weighted by molar-refractivity contribution is 4.98. The van der Waals surface area contributed by atoms with E-state index in [9.17, 15) is 0 Å². The molecule has 3 aliphatic rings. The van der Waals surface area contributed by atoms with Crippen LogP contribution in [0.5, 0.6) is 0 Å². The van der Waals surface area contributed by atoms with E-state index in [1.165, 1.54) is 58.0 Å². The van der Waals surface area contributed by atoms with Crippen molar-refractivity contribution in [3.05, 3.63) is 0 Å². The largest absolute Gasteiger partial charge is 0.300 e. The summed E-state index contributed by atoms with van der Waals surface area (Å²) in [6, 6.07) is 0.993. The van der Waals surface area contributed by atoms with Crippen molar-refractivity contribution in [3.63, 3.8) is 0 Å². The van der Waals surface area contributed by atoms with Gasteiger partial charge in [-0.05, 0) is 74.8 Å². The standard InChI is InChI=1S/C16H29N/c1-15(2,3)13-6-7-16(12-13)8-10-17(11-9-16)14-4-5-14/h13-14H,4-12H2,1-3H3. The molecule has 0 aromatic heterocycles. The number of hydrogen-bond acceptors (Lipinski definition) is 1. The van der Waals surface area contributed by atoms with Crippen LogP contribution in [0.1, 0.15) is 65.7 Å². The summed E-state index contributed by atoms with van der Waals surface area (Å²) in [5.74, 6) is 0.981. The fourth-order valence-electron chi connectivity index (χ4n) is 4.20. The molecule has 17 heavy (non-hydrogen) atoms. The van der Waals surface area contributed by atoms with Gasteiger partial charge in [-0.1, -0.05) is 20.8 Å². The fourth-order valence-corrected chi connectivity index (χ4v) is 4.20. The van der Waals surface area contributed by atoms with Gasteiger partial charge in [0.1, 0.15) is 0 Å².